The van der Waals surface area contributed by atoms with Crippen LogP contribution in [-0.2, 0) is 17.9 Å². The number of benzene rings is 1. The molecule has 2 heterocycles. The maximum Gasteiger partial charge on any atom is 0.320 e. The molecule has 1 aliphatic heterocycles. The Morgan fingerprint density at radius 2 is 2.08 bits per heavy atom. The number of hydrogen-bond donors (Lipinski definition) is 1. The second kappa shape index (κ2) is 8.51. The molecule has 1 aromatic carbocycles. The number of halogens is 2. The highest BCUT2D eigenvalue weighted by Crippen LogP contribution is 2.21. The SMILES string of the molecule is O=C(CN1CCCN(Cc2ccc(F)cc2Cl)C1=O)NCc1cccs1. The van der Waals surface area contributed by atoms with E-state index < -0.39 is 5.82 Å². The van der Waals surface area contributed by atoms with Gasteiger partial charge in [-0.1, -0.05) is 23.7 Å². The predicted molar refractivity (Wildman–Crippen MR) is 99.6 cm³/mol. The van der Waals surface area contributed by atoms with Gasteiger partial charge in [-0.2, -0.15) is 0 Å². The Bertz CT molecular complexity index is 785. The lowest BCUT2D eigenvalue weighted by Gasteiger charge is -2.35. The van der Waals surface area contributed by atoms with E-state index >= 15 is 0 Å². The number of carbonyl (C=O) groups excluding carboxylic acids is 2. The second-order valence-corrected chi connectivity index (χ2v) is 7.51. The van der Waals surface area contributed by atoms with Crippen molar-refractivity contribution < 1.29 is 14.0 Å². The molecule has 0 radical (unpaired) electrons. The van der Waals surface area contributed by atoms with E-state index in [1.807, 2.05) is 17.5 Å². The minimum absolute atomic E-state index is 0.0257. The predicted octanol–water partition coefficient (Wildman–Crippen LogP) is 3.48. The Morgan fingerprint density at radius 1 is 1.27 bits per heavy atom. The quantitative estimate of drug-likeness (QED) is 0.814. The van der Waals surface area contributed by atoms with Crippen molar-refractivity contribution in [2.24, 2.45) is 0 Å². The number of amides is 3. The van der Waals surface area contributed by atoms with Crippen molar-refractivity contribution in [3.8, 4) is 0 Å². The molecule has 0 spiro atoms. The highest BCUT2D eigenvalue weighted by Gasteiger charge is 2.27. The molecule has 0 unspecified atom stereocenters. The van der Waals surface area contributed by atoms with Crippen molar-refractivity contribution in [2.45, 2.75) is 19.5 Å². The number of nitrogens with zero attached hydrogens (tertiary/aromatic N) is 2. The first kappa shape index (κ1) is 18.7. The van der Waals surface area contributed by atoms with E-state index in [0.29, 0.717) is 36.8 Å². The van der Waals surface area contributed by atoms with Gasteiger partial charge in [0, 0.05) is 29.5 Å². The van der Waals surface area contributed by atoms with Crippen LogP contribution in [0.3, 0.4) is 0 Å². The van der Waals surface area contributed by atoms with E-state index in [0.717, 1.165) is 11.3 Å². The van der Waals surface area contributed by atoms with Crippen LogP contribution in [0.2, 0.25) is 5.02 Å². The molecule has 3 amide bonds. The van der Waals surface area contributed by atoms with Crippen molar-refractivity contribution in [3.63, 3.8) is 0 Å². The zero-order chi connectivity index (χ0) is 18.5. The molecule has 5 nitrogen and oxygen atoms in total. The minimum Gasteiger partial charge on any atom is -0.350 e. The molecule has 1 aromatic heterocycles. The average Bonchev–Trinajstić information content (AvgIpc) is 3.12. The lowest BCUT2D eigenvalue weighted by atomic mass is 10.2. The third kappa shape index (κ3) is 4.74. The molecule has 138 valence electrons. The molecule has 2 aromatic rings. The van der Waals surface area contributed by atoms with Crippen LogP contribution in [0.4, 0.5) is 9.18 Å². The van der Waals surface area contributed by atoms with Gasteiger partial charge in [-0.25, -0.2) is 9.18 Å². The number of thiophene rings is 1. The highest BCUT2D eigenvalue weighted by molar-refractivity contribution is 7.09. The fourth-order valence-electron chi connectivity index (χ4n) is 2.82. The lowest BCUT2D eigenvalue weighted by Crippen LogP contribution is -2.51. The molecule has 0 aliphatic carbocycles. The molecule has 26 heavy (non-hydrogen) atoms. The maximum atomic E-state index is 13.2. The Kier molecular flexibility index (Phi) is 6.11. The zero-order valence-corrected chi connectivity index (χ0v) is 15.7. The molecule has 1 saturated heterocycles. The normalized spacial score (nSPS) is 14.6. The number of urea groups is 1. The van der Waals surface area contributed by atoms with Gasteiger partial charge in [-0.15, -0.1) is 11.3 Å². The van der Waals surface area contributed by atoms with Crippen LogP contribution >= 0.6 is 22.9 Å². The fraction of sp³-hybridized carbons (Fsp3) is 0.333. The zero-order valence-electron chi connectivity index (χ0n) is 14.1. The van der Waals surface area contributed by atoms with E-state index in [4.69, 9.17) is 11.6 Å². The van der Waals surface area contributed by atoms with Crippen molar-refractivity contribution in [2.75, 3.05) is 19.6 Å². The van der Waals surface area contributed by atoms with Gasteiger partial charge in [0.25, 0.3) is 0 Å². The average molecular weight is 396 g/mol. The summed E-state index contributed by atoms with van der Waals surface area (Å²) in [4.78, 5) is 29.0. The first-order valence-corrected chi connectivity index (χ1v) is 9.55. The van der Waals surface area contributed by atoms with E-state index in [1.54, 1.807) is 22.3 Å². The third-order valence-electron chi connectivity index (χ3n) is 4.15. The van der Waals surface area contributed by atoms with Gasteiger partial charge in [0.1, 0.15) is 12.4 Å². The van der Waals surface area contributed by atoms with Crippen molar-refractivity contribution >= 4 is 34.9 Å². The van der Waals surface area contributed by atoms with E-state index in [9.17, 15) is 14.0 Å². The summed E-state index contributed by atoms with van der Waals surface area (Å²) in [5, 5.41) is 5.08. The van der Waals surface area contributed by atoms with Crippen LogP contribution in [0.15, 0.2) is 35.7 Å². The molecule has 3 rings (SSSR count). The van der Waals surface area contributed by atoms with Crippen LogP contribution in [0, 0.1) is 5.82 Å². The smallest absolute Gasteiger partial charge is 0.320 e. The Hall–Kier alpha value is -2.12. The molecule has 0 atom stereocenters. The number of rotatable bonds is 6. The highest BCUT2D eigenvalue weighted by atomic mass is 35.5. The number of carbonyl (C=O) groups is 2. The number of nitrogens with one attached hydrogen (secondary N) is 1. The van der Waals surface area contributed by atoms with Crippen LogP contribution in [0.25, 0.3) is 0 Å². The Morgan fingerprint density at radius 3 is 2.81 bits per heavy atom. The third-order valence-corrected chi connectivity index (χ3v) is 5.38. The van der Waals surface area contributed by atoms with E-state index in [1.165, 1.54) is 17.0 Å². The van der Waals surface area contributed by atoms with Gasteiger partial charge >= 0.3 is 6.03 Å². The van der Waals surface area contributed by atoms with E-state index in [2.05, 4.69) is 5.32 Å². The Balaban J connectivity index is 1.55. The molecule has 1 fully saturated rings. The largest absolute Gasteiger partial charge is 0.350 e. The minimum atomic E-state index is -0.409. The molecule has 1 aliphatic rings. The van der Waals surface area contributed by atoms with Gasteiger partial charge in [0.05, 0.1) is 6.54 Å². The van der Waals surface area contributed by atoms with E-state index in [-0.39, 0.29) is 18.5 Å². The first-order chi connectivity index (χ1) is 12.5. The first-order valence-electron chi connectivity index (χ1n) is 8.30. The van der Waals surface area contributed by atoms with Crippen LogP contribution in [-0.4, -0.2) is 41.4 Å². The van der Waals surface area contributed by atoms with Gasteiger partial charge in [-0.3, -0.25) is 4.79 Å². The molecule has 0 bridgehead atoms. The second-order valence-electron chi connectivity index (χ2n) is 6.07. The number of hydrogen-bond acceptors (Lipinski definition) is 3. The summed E-state index contributed by atoms with van der Waals surface area (Å²) in [5.41, 5.74) is 0.686. The molecular weight excluding hydrogens is 377 g/mol. The standard InChI is InChI=1S/C18H19ClFN3O2S/c19-16-9-14(20)5-4-13(16)11-22-6-2-7-23(18(22)25)12-17(24)21-10-15-3-1-8-26-15/h1,3-5,8-9H,2,6-7,10-12H2,(H,21,24). The monoisotopic (exact) mass is 395 g/mol. The van der Waals surface area contributed by atoms with Crippen LogP contribution in [0.1, 0.15) is 16.9 Å². The maximum absolute atomic E-state index is 13.2. The summed E-state index contributed by atoms with van der Waals surface area (Å²) in [6.07, 6.45) is 0.767. The van der Waals surface area contributed by atoms with Crippen molar-refractivity contribution in [3.05, 3.63) is 57.0 Å². The Labute approximate surface area is 160 Å². The summed E-state index contributed by atoms with van der Waals surface area (Å²) in [6, 6.07) is 7.82. The molecular formula is C18H19ClFN3O2S. The van der Waals surface area contributed by atoms with Crippen LogP contribution in [0.5, 0.6) is 0 Å². The van der Waals surface area contributed by atoms with Gasteiger partial charge in [0.2, 0.25) is 5.91 Å². The molecule has 0 saturated carbocycles. The summed E-state index contributed by atoms with van der Waals surface area (Å²) in [7, 11) is 0. The van der Waals surface area contributed by atoms with Crippen molar-refractivity contribution in [1.29, 1.82) is 0 Å². The molecule has 1 N–H and O–H groups in total. The van der Waals surface area contributed by atoms with Gasteiger partial charge in [0.15, 0.2) is 0 Å². The van der Waals surface area contributed by atoms with Gasteiger partial charge in [-0.05, 0) is 35.6 Å². The van der Waals surface area contributed by atoms with Crippen LogP contribution < -0.4 is 5.32 Å². The fourth-order valence-corrected chi connectivity index (χ4v) is 3.69. The topological polar surface area (TPSA) is 52.7 Å². The summed E-state index contributed by atoms with van der Waals surface area (Å²) in [5.74, 6) is -0.596. The molecule has 8 heteroatoms. The summed E-state index contributed by atoms with van der Waals surface area (Å²) >= 11 is 7.63. The van der Waals surface area contributed by atoms with Gasteiger partial charge < -0.3 is 15.1 Å². The summed E-state index contributed by atoms with van der Waals surface area (Å²) in [6.45, 7) is 1.91. The lowest BCUT2D eigenvalue weighted by molar-refractivity contribution is -0.122. The summed E-state index contributed by atoms with van der Waals surface area (Å²) < 4.78 is 13.2. The van der Waals surface area contributed by atoms with Crippen molar-refractivity contribution in [1.82, 2.24) is 15.1 Å².